The summed E-state index contributed by atoms with van der Waals surface area (Å²) in [6, 6.07) is 11.4. The number of hydrogen-bond acceptors (Lipinski definition) is 3. The Morgan fingerprint density at radius 3 is 2.40 bits per heavy atom. The molecular formula is C13H9F3N2O2. The lowest BCUT2D eigenvalue weighted by Gasteiger charge is -2.08. The van der Waals surface area contributed by atoms with Crippen LogP contribution in [-0.2, 0) is 6.18 Å². The first-order chi connectivity index (χ1) is 9.45. The lowest BCUT2D eigenvalue weighted by Crippen LogP contribution is -2.18. The van der Waals surface area contributed by atoms with Crippen molar-refractivity contribution in [3.05, 3.63) is 54.2 Å². The quantitative estimate of drug-likeness (QED) is 0.913. The molecule has 0 radical (unpaired) electrons. The van der Waals surface area contributed by atoms with Gasteiger partial charge in [-0.05, 0) is 18.2 Å². The largest absolute Gasteiger partial charge is 0.433 e. The zero-order chi connectivity index (χ0) is 14.6. The van der Waals surface area contributed by atoms with E-state index in [0.717, 1.165) is 12.1 Å². The van der Waals surface area contributed by atoms with E-state index in [9.17, 15) is 18.0 Å². The van der Waals surface area contributed by atoms with Crippen molar-refractivity contribution < 1.29 is 22.7 Å². The summed E-state index contributed by atoms with van der Waals surface area (Å²) in [7, 11) is 0. The van der Waals surface area contributed by atoms with E-state index >= 15 is 0 Å². The molecule has 2 rings (SSSR count). The van der Waals surface area contributed by atoms with Crippen LogP contribution in [0.15, 0.2) is 48.5 Å². The van der Waals surface area contributed by atoms with Crippen molar-refractivity contribution in [2.45, 2.75) is 6.18 Å². The minimum atomic E-state index is -4.59. The molecule has 20 heavy (non-hydrogen) atoms. The zero-order valence-corrected chi connectivity index (χ0v) is 10.0. The number of amides is 1. The van der Waals surface area contributed by atoms with E-state index in [2.05, 4.69) is 10.3 Å². The lowest BCUT2D eigenvalue weighted by molar-refractivity contribution is -0.141. The van der Waals surface area contributed by atoms with Gasteiger partial charge in [0.2, 0.25) is 5.88 Å². The summed E-state index contributed by atoms with van der Waals surface area (Å²) in [6.07, 6.45) is -5.50. The number of anilines is 1. The number of carbonyl (C=O) groups is 1. The van der Waals surface area contributed by atoms with Crippen molar-refractivity contribution >= 4 is 11.8 Å². The van der Waals surface area contributed by atoms with Crippen molar-refractivity contribution in [1.29, 1.82) is 0 Å². The number of benzene rings is 1. The topological polar surface area (TPSA) is 51.2 Å². The van der Waals surface area contributed by atoms with Gasteiger partial charge in [0, 0.05) is 11.8 Å². The second kappa shape index (κ2) is 5.60. The Morgan fingerprint density at radius 1 is 1.05 bits per heavy atom. The molecule has 0 saturated carbocycles. The third-order valence-electron chi connectivity index (χ3n) is 2.23. The molecule has 4 nitrogen and oxygen atoms in total. The van der Waals surface area contributed by atoms with E-state index in [-0.39, 0.29) is 0 Å². The highest BCUT2D eigenvalue weighted by Crippen LogP contribution is 2.28. The molecule has 0 fully saturated rings. The highest BCUT2D eigenvalue weighted by Gasteiger charge is 2.32. The van der Waals surface area contributed by atoms with Crippen LogP contribution in [0, 0.1) is 0 Å². The van der Waals surface area contributed by atoms with Crippen LogP contribution in [0.2, 0.25) is 0 Å². The average Bonchev–Trinajstić information content (AvgIpc) is 2.39. The van der Waals surface area contributed by atoms with Gasteiger partial charge in [-0.1, -0.05) is 24.3 Å². The van der Waals surface area contributed by atoms with E-state index in [1.54, 1.807) is 30.3 Å². The summed E-state index contributed by atoms with van der Waals surface area (Å²) in [5.74, 6) is -0.423. The molecule has 1 amide bonds. The minimum Gasteiger partial charge on any atom is -0.391 e. The Balaban J connectivity index is 2.05. The van der Waals surface area contributed by atoms with Gasteiger partial charge in [0.1, 0.15) is 5.69 Å². The number of para-hydroxylation sites is 1. The number of rotatable bonds is 2. The maximum Gasteiger partial charge on any atom is 0.433 e. The van der Waals surface area contributed by atoms with Crippen molar-refractivity contribution in [2.75, 3.05) is 5.32 Å². The number of nitrogens with one attached hydrogen (secondary N) is 1. The number of hydrogen-bond donors (Lipinski definition) is 1. The monoisotopic (exact) mass is 282 g/mol. The summed E-state index contributed by atoms with van der Waals surface area (Å²) in [6.45, 7) is 0. The van der Waals surface area contributed by atoms with Crippen molar-refractivity contribution in [3.63, 3.8) is 0 Å². The van der Waals surface area contributed by atoms with Crippen molar-refractivity contribution in [3.8, 4) is 5.88 Å². The molecule has 1 heterocycles. The first kappa shape index (κ1) is 13.9. The number of ether oxygens (including phenoxy) is 1. The van der Waals surface area contributed by atoms with Crippen LogP contribution in [0.4, 0.5) is 23.7 Å². The van der Waals surface area contributed by atoms with E-state index in [1.807, 2.05) is 0 Å². The van der Waals surface area contributed by atoms with Gasteiger partial charge in [-0.2, -0.15) is 13.2 Å². The molecule has 0 spiro atoms. The highest BCUT2D eigenvalue weighted by molar-refractivity contribution is 5.85. The van der Waals surface area contributed by atoms with Gasteiger partial charge in [-0.15, -0.1) is 0 Å². The molecule has 0 atom stereocenters. The summed E-state index contributed by atoms with van der Waals surface area (Å²) >= 11 is 0. The summed E-state index contributed by atoms with van der Waals surface area (Å²) in [5.41, 5.74) is -0.660. The lowest BCUT2D eigenvalue weighted by atomic mass is 10.3. The van der Waals surface area contributed by atoms with E-state index in [0.29, 0.717) is 5.69 Å². The SMILES string of the molecule is O=C(Nc1ccccc1)Oc1cccc(C(F)(F)F)n1. The molecule has 1 N–H and O–H groups in total. The van der Waals surface area contributed by atoms with Crippen LogP contribution in [0.5, 0.6) is 5.88 Å². The molecule has 0 aliphatic rings. The van der Waals surface area contributed by atoms with Crippen LogP contribution in [0.25, 0.3) is 0 Å². The Hall–Kier alpha value is -2.57. The maximum atomic E-state index is 12.4. The molecule has 2 aromatic rings. The third-order valence-corrected chi connectivity index (χ3v) is 2.23. The summed E-state index contributed by atoms with van der Waals surface area (Å²) < 4.78 is 42.0. The maximum absolute atomic E-state index is 12.4. The summed E-state index contributed by atoms with van der Waals surface area (Å²) in [5, 5.41) is 2.37. The van der Waals surface area contributed by atoms with Crippen LogP contribution >= 0.6 is 0 Å². The van der Waals surface area contributed by atoms with E-state index in [4.69, 9.17) is 4.74 Å². The van der Waals surface area contributed by atoms with Crippen LogP contribution in [0.1, 0.15) is 5.69 Å². The highest BCUT2D eigenvalue weighted by atomic mass is 19.4. The molecule has 104 valence electrons. The number of nitrogens with zero attached hydrogens (tertiary/aromatic N) is 1. The second-order valence-corrected chi connectivity index (χ2v) is 3.74. The van der Waals surface area contributed by atoms with E-state index < -0.39 is 23.8 Å². The first-order valence-corrected chi connectivity index (χ1v) is 5.53. The minimum absolute atomic E-state index is 0.423. The number of aromatic nitrogens is 1. The fourth-order valence-corrected chi connectivity index (χ4v) is 1.39. The number of halogens is 3. The smallest absolute Gasteiger partial charge is 0.391 e. The van der Waals surface area contributed by atoms with Gasteiger partial charge in [-0.3, -0.25) is 5.32 Å². The molecule has 7 heteroatoms. The van der Waals surface area contributed by atoms with Crippen LogP contribution in [-0.4, -0.2) is 11.1 Å². The van der Waals surface area contributed by atoms with Crippen molar-refractivity contribution in [1.82, 2.24) is 4.98 Å². The number of carbonyl (C=O) groups excluding carboxylic acids is 1. The Morgan fingerprint density at radius 2 is 1.75 bits per heavy atom. The molecular weight excluding hydrogens is 273 g/mol. The molecule has 0 aliphatic heterocycles. The van der Waals surface area contributed by atoms with E-state index in [1.165, 1.54) is 6.07 Å². The molecule has 1 aromatic carbocycles. The third kappa shape index (κ3) is 3.71. The van der Waals surface area contributed by atoms with Crippen molar-refractivity contribution in [2.24, 2.45) is 0 Å². The van der Waals surface area contributed by atoms with Gasteiger partial charge < -0.3 is 4.74 Å². The molecule has 1 aromatic heterocycles. The number of pyridine rings is 1. The van der Waals surface area contributed by atoms with Crippen LogP contribution in [0.3, 0.4) is 0 Å². The standard InChI is InChI=1S/C13H9F3N2O2/c14-13(15,16)10-7-4-8-11(18-10)20-12(19)17-9-5-2-1-3-6-9/h1-8H,(H,17,19). The Labute approximate surface area is 112 Å². The number of alkyl halides is 3. The molecule has 0 unspecified atom stereocenters. The van der Waals surface area contributed by atoms with Gasteiger partial charge in [0.25, 0.3) is 0 Å². The fourth-order valence-electron chi connectivity index (χ4n) is 1.39. The Bertz CT molecular complexity index is 600. The van der Waals surface area contributed by atoms with Gasteiger partial charge in [0.15, 0.2) is 0 Å². The predicted octanol–water partition coefficient (Wildman–Crippen LogP) is 3.71. The second-order valence-electron chi connectivity index (χ2n) is 3.74. The zero-order valence-electron chi connectivity index (χ0n) is 10.0. The molecule has 0 aliphatic carbocycles. The normalized spacial score (nSPS) is 10.9. The van der Waals surface area contributed by atoms with Gasteiger partial charge >= 0.3 is 12.3 Å². The average molecular weight is 282 g/mol. The first-order valence-electron chi connectivity index (χ1n) is 5.53. The summed E-state index contributed by atoms with van der Waals surface area (Å²) in [4.78, 5) is 14.7. The molecule has 0 saturated heterocycles. The molecule has 0 bridgehead atoms. The fraction of sp³-hybridized carbons (Fsp3) is 0.0769. The predicted molar refractivity (Wildman–Crippen MR) is 65.3 cm³/mol. The van der Waals surface area contributed by atoms with Gasteiger partial charge in [0.05, 0.1) is 0 Å². The van der Waals surface area contributed by atoms with Gasteiger partial charge in [-0.25, -0.2) is 9.78 Å². The van der Waals surface area contributed by atoms with Crippen LogP contribution < -0.4 is 10.1 Å². The Kier molecular flexibility index (Phi) is 3.88.